The number of fused-ring (bicyclic) bond motifs is 1. The normalized spacial score (nSPS) is 19.8. The SMILES string of the molecule is Cc1cccc(N2CC(C(=O)Nc3nnc4n3CCCS4)CC2=O)c1. The van der Waals surface area contributed by atoms with E-state index in [4.69, 9.17) is 0 Å². The van der Waals surface area contributed by atoms with E-state index in [9.17, 15) is 9.59 Å². The summed E-state index contributed by atoms with van der Waals surface area (Å²) in [7, 11) is 0. The number of aromatic nitrogens is 3. The number of nitrogens with one attached hydrogen (secondary N) is 1. The minimum Gasteiger partial charge on any atom is -0.312 e. The van der Waals surface area contributed by atoms with Crippen LogP contribution in [0.5, 0.6) is 0 Å². The predicted molar refractivity (Wildman–Crippen MR) is 95.6 cm³/mol. The van der Waals surface area contributed by atoms with Gasteiger partial charge in [0.1, 0.15) is 0 Å². The van der Waals surface area contributed by atoms with Crippen LogP contribution in [0.15, 0.2) is 29.4 Å². The first-order valence-electron chi connectivity index (χ1n) is 8.36. The van der Waals surface area contributed by atoms with Crippen molar-refractivity contribution in [3.63, 3.8) is 0 Å². The van der Waals surface area contributed by atoms with Crippen LogP contribution in [-0.2, 0) is 16.1 Å². The van der Waals surface area contributed by atoms with E-state index >= 15 is 0 Å². The minimum absolute atomic E-state index is 0.0235. The summed E-state index contributed by atoms with van der Waals surface area (Å²) in [4.78, 5) is 26.6. The molecule has 0 aliphatic carbocycles. The Kier molecular flexibility index (Phi) is 4.20. The Labute approximate surface area is 149 Å². The molecule has 1 fully saturated rings. The van der Waals surface area contributed by atoms with E-state index < -0.39 is 0 Å². The molecule has 2 amide bonds. The van der Waals surface area contributed by atoms with Gasteiger partial charge in [-0.2, -0.15) is 0 Å². The molecule has 130 valence electrons. The Morgan fingerprint density at radius 2 is 2.24 bits per heavy atom. The quantitative estimate of drug-likeness (QED) is 0.910. The highest BCUT2D eigenvalue weighted by Gasteiger charge is 2.35. The lowest BCUT2D eigenvalue weighted by atomic mass is 10.1. The third-order valence-electron chi connectivity index (χ3n) is 4.52. The van der Waals surface area contributed by atoms with Gasteiger partial charge in [-0.15, -0.1) is 10.2 Å². The predicted octanol–water partition coefficient (Wildman–Crippen LogP) is 2.07. The van der Waals surface area contributed by atoms with Crippen LogP contribution < -0.4 is 10.2 Å². The Morgan fingerprint density at radius 1 is 1.36 bits per heavy atom. The van der Waals surface area contributed by atoms with Gasteiger partial charge in [0.15, 0.2) is 5.16 Å². The van der Waals surface area contributed by atoms with Gasteiger partial charge in [0.2, 0.25) is 17.8 Å². The van der Waals surface area contributed by atoms with Crippen LogP contribution in [0.3, 0.4) is 0 Å². The molecule has 0 spiro atoms. The molecule has 1 atom stereocenters. The van der Waals surface area contributed by atoms with E-state index in [0.29, 0.717) is 12.5 Å². The van der Waals surface area contributed by atoms with E-state index in [1.807, 2.05) is 35.8 Å². The second-order valence-electron chi connectivity index (χ2n) is 6.39. The Morgan fingerprint density at radius 3 is 3.08 bits per heavy atom. The van der Waals surface area contributed by atoms with Crippen molar-refractivity contribution >= 4 is 35.2 Å². The lowest BCUT2D eigenvalue weighted by molar-refractivity contribution is -0.122. The molecule has 2 aliphatic rings. The molecule has 0 saturated carbocycles. The second kappa shape index (κ2) is 6.51. The largest absolute Gasteiger partial charge is 0.312 e. The van der Waals surface area contributed by atoms with Gasteiger partial charge in [0, 0.05) is 31.0 Å². The fourth-order valence-corrected chi connectivity index (χ4v) is 4.10. The molecule has 0 bridgehead atoms. The maximum absolute atomic E-state index is 12.6. The molecule has 4 rings (SSSR count). The van der Waals surface area contributed by atoms with Crippen molar-refractivity contribution in [1.82, 2.24) is 14.8 Å². The van der Waals surface area contributed by atoms with E-state index in [2.05, 4.69) is 15.5 Å². The van der Waals surface area contributed by atoms with E-state index in [1.54, 1.807) is 16.7 Å². The van der Waals surface area contributed by atoms with Crippen molar-refractivity contribution in [2.45, 2.75) is 31.5 Å². The molecule has 0 radical (unpaired) electrons. The lowest BCUT2D eigenvalue weighted by Gasteiger charge is -2.17. The number of rotatable bonds is 3. The number of hydrogen-bond donors (Lipinski definition) is 1. The third kappa shape index (κ3) is 3.13. The molecule has 25 heavy (non-hydrogen) atoms. The number of carbonyl (C=O) groups is 2. The van der Waals surface area contributed by atoms with Crippen molar-refractivity contribution < 1.29 is 9.59 Å². The molecule has 1 aromatic heterocycles. The first kappa shape index (κ1) is 16.1. The summed E-state index contributed by atoms with van der Waals surface area (Å²) in [6.45, 7) is 3.19. The van der Waals surface area contributed by atoms with Crippen molar-refractivity contribution in [3.8, 4) is 0 Å². The molecule has 2 aliphatic heterocycles. The molecule has 1 saturated heterocycles. The monoisotopic (exact) mass is 357 g/mol. The maximum atomic E-state index is 12.6. The minimum atomic E-state index is -0.378. The number of amides is 2. The van der Waals surface area contributed by atoms with Gasteiger partial charge in [-0.1, -0.05) is 23.9 Å². The van der Waals surface area contributed by atoms with E-state index in [-0.39, 0.29) is 24.2 Å². The smallest absolute Gasteiger partial charge is 0.232 e. The Bertz CT molecular complexity index is 834. The highest BCUT2D eigenvalue weighted by atomic mass is 32.2. The molecule has 2 aromatic rings. The molecular weight excluding hydrogens is 338 g/mol. The van der Waals surface area contributed by atoms with Crippen LogP contribution in [-0.4, -0.2) is 38.9 Å². The topological polar surface area (TPSA) is 80.1 Å². The van der Waals surface area contributed by atoms with Gasteiger partial charge in [0.25, 0.3) is 0 Å². The second-order valence-corrected chi connectivity index (χ2v) is 7.46. The summed E-state index contributed by atoms with van der Waals surface area (Å²) in [5.41, 5.74) is 1.93. The number of thioether (sulfide) groups is 1. The molecule has 8 heteroatoms. The van der Waals surface area contributed by atoms with Gasteiger partial charge in [-0.25, -0.2) is 0 Å². The third-order valence-corrected chi connectivity index (χ3v) is 5.57. The molecule has 7 nitrogen and oxygen atoms in total. The standard InChI is InChI=1S/C17H19N5O2S/c1-11-4-2-5-13(8-11)22-10-12(9-14(22)23)15(24)18-16-19-20-17-21(16)6-3-7-25-17/h2,4-5,8,12H,3,6-7,9-10H2,1H3,(H,18,19,24). The van der Waals surface area contributed by atoms with Crippen LogP contribution in [0.2, 0.25) is 0 Å². The first-order chi connectivity index (χ1) is 12.1. The molecule has 1 unspecified atom stereocenters. The van der Waals surface area contributed by atoms with Crippen LogP contribution in [0, 0.1) is 12.8 Å². The van der Waals surface area contributed by atoms with Crippen LogP contribution >= 0.6 is 11.8 Å². The zero-order valence-corrected chi connectivity index (χ0v) is 14.8. The Balaban J connectivity index is 1.47. The summed E-state index contributed by atoms with van der Waals surface area (Å²) in [5.74, 6) is 0.930. The maximum Gasteiger partial charge on any atom is 0.232 e. The van der Waals surface area contributed by atoms with Crippen LogP contribution in [0.4, 0.5) is 11.6 Å². The number of hydrogen-bond acceptors (Lipinski definition) is 5. The van der Waals surface area contributed by atoms with Gasteiger partial charge in [-0.3, -0.25) is 19.5 Å². The summed E-state index contributed by atoms with van der Waals surface area (Å²) in [6, 6.07) is 7.77. The van der Waals surface area contributed by atoms with E-state index in [1.165, 1.54) is 0 Å². The molecular formula is C17H19N5O2S. The molecule has 1 N–H and O–H groups in total. The van der Waals surface area contributed by atoms with Gasteiger partial charge in [-0.05, 0) is 31.0 Å². The van der Waals surface area contributed by atoms with E-state index in [0.717, 1.165) is 35.1 Å². The fourth-order valence-electron chi connectivity index (χ4n) is 3.22. The molecule has 3 heterocycles. The zero-order valence-electron chi connectivity index (χ0n) is 13.9. The fraction of sp³-hybridized carbons (Fsp3) is 0.412. The number of nitrogens with zero attached hydrogens (tertiary/aromatic N) is 4. The van der Waals surface area contributed by atoms with Crippen molar-refractivity contribution in [2.24, 2.45) is 5.92 Å². The average Bonchev–Trinajstić information content (AvgIpc) is 3.19. The van der Waals surface area contributed by atoms with Gasteiger partial charge < -0.3 is 4.90 Å². The number of anilines is 2. The number of carbonyl (C=O) groups excluding carboxylic acids is 2. The van der Waals surface area contributed by atoms with Gasteiger partial charge in [0.05, 0.1) is 5.92 Å². The lowest BCUT2D eigenvalue weighted by Crippen LogP contribution is -2.29. The van der Waals surface area contributed by atoms with Crippen molar-refractivity contribution in [2.75, 3.05) is 22.5 Å². The van der Waals surface area contributed by atoms with Crippen LogP contribution in [0.1, 0.15) is 18.4 Å². The highest BCUT2D eigenvalue weighted by molar-refractivity contribution is 7.99. The highest BCUT2D eigenvalue weighted by Crippen LogP contribution is 2.28. The first-order valence-corrected chi connectivity index (χ1v) is 9.34. The van der Waals surface area contributed by atoms with Crippen LogP contribution in [0.25, 0.3) is 0 Å². The number of aryl methyl sites for hydroxylation is 1. The summed E-state index contributed by atoms with van der Waals surface area (Å²) >= 11 is 1.64. The molecule has 1 aromatic carbocycles. The summed E-state index contributed by atoms with van der Waals surface area (Å²) < 4.78 is 1.93. The Hall–Kier alpha value is -2.35. The van der Waals surface area contributed by atoms with Crippen molar-refractivity contribution in [1.29, 1.82) is 0 Å². The van der Waals surface area contributed by atoms with Crippen molar-refractivity contribution in [3.05, 3.63) is 29.8 Å². The zero-order chi connectivity index (χ0) is 17.4. The average molecular weight is 357 g/mol. The summed E-state index contributed by atoms with van der Waals surface area (Å²) in [5, 5.41) is 11.9. The summed E-state index contributed by atoms with van der Waals surface area (Å²) in [6.07, 6.45) is 1.25. The van der Waals surface area contributed by atoms with Gasteiger partial charge >= 0.3 is 0 Å². The number of benzene rings is 1.